The van der Waals surface area contributed by atoms with Crippen molar-refractivity contribution in [1.82, 2.24) is 20.2 Å². The lowest BCUT2D eigenvalue weighted by Crippen LogP contribution is -2.42. The average molecular weight is 329 g/mol. The number of esters is 2. The van der Waals surface area contributed by atoms with Gasteiger partial charge in [0.15, 0.2) is 11.4 Å². The third-order valence-electron chi connectivity index (χ3n) is 3.11. The van der Waals surface area contributed by atoms with Gasteiger partial charge in [0, 0.05) is 25.7 Å². The number of anilines is 1. The molecule has 9 nitrogen and oxygen atoms in total. The van der Waals surface area contributed by atoms with Gasteiger partial charge in [0.1, 0.15) is 0 Å². The number of ether oxygens (including phenoxy) is 2. The second kappa shape index (κ2) is 5.76. The van der Waals surface area contributed by atoms with Crippen molar-refractivity contribution >= 4 is 17.6 Å². The van der Waals surface area contributed by atoms with Gasteiger partial charge in [-0.25, -0.2) is 9.59 Å². The molecule has 0 spiro atoms. The van der Waals surface area contributed by atoms with E-state index in [4.69, 9.17) is 9.47 Å². The summed E-state index contributed by atoms with van der Waals surface area (Å²) in [6, 6.07) is 7.02. The van der Waals surface area contributed by atoms with E-state index in [0.717, 1.165) is 5.69 Å². The van der Waals surface area contributed by atoms with Gasteiger partial charge in [-0.05, 0) is 36.4 Å². The summed E-state index contributed by atoms with van der Waals surface area (Å²) in [6.07, 6.45) is 1.26. The summed E-state index contributed by atoms with van der Waals surface area (Å²) in [4.78, 5) is 25.0. The van der Waals surface area contributed by atoms with Crippen LogP contribution in [-0.4, -0.2) is 37.9 Å². The lowest BCUT2D eigenvalue weighted by Gasteiger charge is -2.29. The number of carbonyl (C=O) groups excluding carboxylic acids is 2. The number of cyclic esters (lactones) is 2. The van der Waals surface area contributed by atoms with Crippen molar-refractivity contribution in [2.24, 2.45) is 0 Å². The van der Waals surface area contributed by atoms with Crippen LogP contribution < -0.4 is 5.32 Å². The Hall–Kier alpha value is -3.23. The average Bonchev–Trinajstić information content (AvgIpc) is 2.92. The number of tetrazole rings is 1. The quantitative estimate of drug-likeness (QED) is 0.507. The maximum Gasteiger partial charge on any atom is 0.350 e. The molecule has 124 valence electrons. The van der Waals surface area contributed by atoms with Gasteiger partial charge >= 0.3 is 11.9 Å². The fourth-order valence-corrected chi connectivity index (χ4v) is 2.02. The molecule has 2 heterocycles. The first kappa shape index (κ1) is 15.7. The summed E-state index contributed by atoms with van der Waals surface area (Å²) >= 11 is 0. The fraction of sp³-hybridized carbons (Fsp3) is 0.267. The van der Waals surface area contributed by atoms with Crippen LogP contribution in [0.2, 0.25) is 0 Å². The molecule has 24 heavy (non-hydrogen) atoms. The van der Waals surface area contributed by atoms with Crippen molar-refractivity contribution in [2.45, 2.75) is 26.6 Å². The molecule has 1 saturated heterocycles. The van der Waals surface area contributed by atoms with Gasteiger partial charge in [0.05, 0.1) is 5.69 Å². The number of nitrogens with zero attached hydrogens (tertiary/aromatic N) is 4. The number of rotatable bonds is 3. The molecule has 0 bridgehead atoms. The molecule has 0 radical (unpaired) electrons. The number of hydrogen-bond acceptors (Lipinski definition) is 8. The fourth-order valence-electron chi connectivity index (χ4n) is 2.02. The minimum absolute atomic E-state index is 0.202. The zero-order valence-electron chi connectivity index (χ0n) is 13.3. The number of aryl methyl sites for hydroxylation is 1. The van der Waals surface area contributed by atoms with Crippen LogP contribution in [0.5, 0.6) is 0 Å². The van der Waals surface area contributed by atoms with Gasteiger partial charge in [0.25, 0.3) is 5.79 Å². The molecule has 0 aliphatic carbocycles. The van der Waals surface area contributed by atoms with E-state index in [1.807, 2.05) is 0 Å². The highest BCUT2D eigenvalue weighted by Crippen LogP contribution is 2.22. The van der Waals surface area contributed by atoms with Crippen molar-refractivity contribution in [1.29, 1.82) is 0 Å². The third kappa shape index (κ3) is 3.24. The highest BCUT2D eigenvalue weighted by atomic mass is 16.7. The largest absolute Gasteiger partial charge is 0.419 e. The summed E-state index contributed by atoms with van der Waals surface area (Å²) < 4.78 is 10.0. The normalized spacial score (nSPS) is 16.4. The Bertz CT molecular complexity index is 801. The van der Waals surface area contributed by atoms with E-state index >= 15 is 0 Å². The molecule has 0 atom stereocenters. The Labute approximate surface area is 137 Å². The van der Waals surface area contributed by atoms with Crippen LogP contribution in [0.25, 0.3) is 5.69 Å². The maximum atomic E-state index is 11.8. The minimum atomic E-state index is -1.25. The van der Waals surface area contributed by atoms with E-state index in [9.17, 15) is 9.59 Å². The Morgan fingerprint density at radius 2 is 1.75 bits per heavy atom. The molecule has 3 rings (SSSR count). The molecule has 9 heteroatoms. The molecule has 1 aromatic heterocycles. The summed E-state index contributed by atoms with van der Waals surface area (Å²) in [5.74, 6) is -2.15. The number of carbonyl (C=O) groups is 2. The maximum absolute atomic E-state index is 11.8. The van der Waals surface area contributed by atoms with E-state index < -0.39 is 17.7 Å². The molecule has 1 aliphatic heterocycles. The van der Waals surface area contributed by atoms with Crippen LogP contribution in [-0.2, 0) is 19.1 Å². The topological polar surface area (TPSA) is 108 Å². The Morgan fingerprint density at radius 1 is 1.12 bits per heavy atom. The summed E-state index contributed by atoms with van der Waals surface area (Å²) in [5.41, 5.74) is 1.19. The molecule has 0 amide bonds. The first-order valence-electron chi connectivity index (χ1n) is 7.14. The number of hydrogen-bond donors (Lipinski definition) is 1. The predicted molar refractivity (Wildman–Crippen MR) is 81.9 cm³/mol. The van der Waals surface area contributed by atoms with Gasteiger partial charge < -0.3 is 14.8 Å². The van der Waals surface area contributed by atoms with Crippen LogP contribution in [0.4, 0.5) is 5.69 Å². The second-order valence-corrected chi connectivity index (χ2v) is 5.55. The molecule has 1 aliphatic rings. The van der Waals surface area contributed by atoms with Gasteiger partial charge in [-0.3, -0.25) is 0 Å². The molecule has 1 aromatic carbocycles. The smallest absolute Gasteiger partial charge is 0.350 e. The molecule has 2 aromatic rings. The molecule has 0 saturated carbocycles. The number of benzene rings is 1. The molecular weight excluding hydrogens is 314 g/mol. The first-order chi connectivity index (χ1) is 11.3. The molecule has 1 N–H and O–H groups in total. The van der Waals surface area contributed by atoms with Gasteiger partial charge in [-0.1, -0.05) is 0 Å². The number of aromatic nitrogens is 4. The Kier molecular flexibility index (Phi) is 3.76. The van der Waals surface area contributed by atoms with Crippen molar-refractivity contribution in [3.63, 3.8) is 0 Å². The molecule has 1 fully saturated rings. The monoisotopic (exact) mass is 329 g/mol. The van der Waals surface area contributed by atoms with E-state index in [1.165, 1.54) is 24.8 Å². The lowest BCUT2D eigenvalue weighted by atomic mass is 10.2. The summed E-state index contributed by atoms with van der Waals surface area (Å²) in [7, 11) is 0. The Balaban J connectivity index is 1.72. The van der Waals surface area contributed by atoms with Crippen LogP contribution >= 0.6 is 0 Å². The van der Waals surface area contributed by atoms with Crippen molar-refractivity contribution in [2.75, 3.05) is 5.32 Å². The van der Waals surface area contributed by atoms with Crippen LogP contribution in [0.3, 0.4) is 0 Å². The minimum Gasteiger partial charge on any atom is -0.419 e. The predicted octanol–water partition coefficient (Wildman–Crippen LogP) is 1.10. The van der Waals surface area contributed by atoms with Crippen molar-refractivity contribution in [3.8, 4) is 5.69 Å². The number of nitrogens with one attached hydrogen (secondary N) is 1. The third-order valence-corrected chi connectivity index (χ3v) is 3.11. The highest BCUT2D eigenvalue weighted by Gasteiger charge is 2.38. The first-order valence-corrected chi connectivity index (χ1v) is 7.14. The SMILES string of the molecule is Cc1nnn(-c2ccc(NC=C3C(=O)OC(C)(C)OC3=O)cc2)n1. The highest BCUT2D eigenvalue weighted by molar-refractivity contribution is 6.15. The molecule has 0 unspecified atom stereocenters. The van der Waals surface area contributed by atoms with Crippen molar-refractivity contribution < 1.29 is 19.1 Å². The van der Waals surface area contributed by atoms with E-state index in [0.29, 0.717) is 11.5 Å². The zero-order valence-corrected chi connectivity index (χ0v) is 13.3. The van der Waals surface area contributed by atoms with E-state index in [1.54, 1.807) is 31.2 Å². The lowest BCUT2D eigenvalue weighted by molar-refractivity contribution is -0.222. The van der Waals surface area contributed by atoms with E-state index in [2.05, 4.69) is 20.7 Å². The summed E-state index contributed by atoms with van der Waals surface area (Å²) in [6.45, 7) is 4.73. The second-order valence-electron chi connectivity index (χ2n) is 5.55. The van der Waals surface area contributed by atoms with Gasteiger partial charge in [-0.2, -0.15) is 0 Å². The van der Waals surface area contributed by atoms with Crippen molar-refractivity contribution in [3.05, 3.63) is 41.9 Å². The van der Waals surface area contributed by atoms with Crippen LogP contribution in [0, 0.1) is 6.92 Å². The van der Waals surface area contributed by atoms with E-state index in [-0.39, 0.29) is 5.57 Å². The van der Waals surface area contributed by atoms with Crippen LogP contribution in [0.15, 0.2) is 36.0 Å². The van der Waals surface area contributed by atoms with Gasteiger partial charge in [0.2, 0.25) is 0 Å². The zero-order chi connectivity index (χ0) is 17.3. The summed E-state index contributed by atoms with van der Waals surface area (Å²) in [5, 5.41) is 14.6. The Morgan fingerprint density at radius 3 is 2.29 bits per heavy atom. The standard InChI is InChI=1S/C15H15N5O4/c1-9-17-19-20(18-9)11-6-4-10(5-7-11)16-8-12-13(21)23-15(2,3)24-14(12)22/h4-8,16H,1-3H3. The van der Waals surface area contributed by atoms with Crippen LogP contribution in [0.1, 0.15) is 19.7 Å². The molecular formula is C15H15N5O4. The van der Waals surface area contributed by atoms with Gasteiger partial charge in [-0.15, -0.1) is 15.0 Å².